The summed E-state index contributed by atoms with van der Waals surface area (Å²) in [5.74, 6) is -0.512. The van der Waals surface area contributed by atoms with Gasteiger partial charge in [-0.25, -0.2) is 9.78 Å². The van der Waals surface area contributed by atoms with Crippen LogP contribution in [0.4, 0.5) is 5.82 Å². The minimum absolute atomic E-state index is 0.135. The van der Waals surface area contributed by atoms with Crippen LogP contribution in [0, 0.1) is 13.8 Å². The van der Waals surface area contributed by atoms with Gasteiger partial charge in [0.15, 0.2) is 18.5 Å². The van der Waals surface area contributed by atoms with Crippen LogP contribution in [0.1, 0.15) is 18.1 Å². The number of pyridine rings is 1. The van der Waals surface area contributed by atoms with Crippen molar-refractivity contribution in [1.29, 1.82) is 0 Å². The van der Waals surface area contributed by atoms with E-state index in [1.54, 1.807) is 6.07 Å². The van der Waals surface area contributed by atoms with E-state index in [1.807, 2.05) is 26.0 Å². The lowest BCUT2D eigenvalue weighted by atomic mass is 10.1. The number of hydrogen-bond donors (Lipinski definition) is 1. The molecular weight excluding hydrogens is 379 g/mol. The maximum atomic E-state index is 12.1. The van der Waals surface area contributed by atoms with Gasteiger partial charge in [0.1, 0.15) is 5.75 Å². The highest BCUT2D eigenvalue weighted by Crippen LogP contribution is 2.23. The fraction of sp³-hybridized carbons (Fsp3) is 0.278. The van der Waals surface area contributed by atoms with Gasteiger partial charge in [0.25, 0.3) is 5.91 Å². The summed E-state index contributed by atoms with van der Waals surface area (Å²) < 4.78 is 10.5. The third-order valence-corrected chi connectivity index (χ3v) is 3.90. The number of nitrogens with one attached hydrogen (secondary N) is 1. The van der Waals surface area contributed by atoms with Gasteiger partial charge in [0.2, 0.25) is 0 Å². The Hall–Kier alpha value is -2.31. The van der Waals surface area contributed by atoms with Gasteiger partial charge in [-0.05, 0) is 38.5 Å². The Morgan fingerprint density at radius 2 is 1.96 bits per heavy atom. The third-order valence-electron chi connectivity index (χ3n) is 3.40. The van der Waals surface area contributed by atoms with Gasteiger partial charge in [-0.2, -0.15) is 0 Å². The number of carbonyl (C=O) groups excluding carboxylic acids is 2. The first-order chi connectivity index (χ1) is 12.3. The largest absolute Gasteiger partial charge is 0.482 e. The second kappa shape index (κ2) is 8.87. The van der Waals surface area contributed by atoms with E-state index in [0.29, 0.717) is 10.8 Å². The van der Waals surface area contributed by atoms with Crippen molar-refractivity contribution < 1.29 is 19.1 Å². The Morgan fingerprint density at radius 1 is 1.23 bits per heavy atom. The zero-order chi connectivity index (χ0) is 19.3. The topological polar surface area (TPSA) is 77.5 Å². The fourth-order valence-electron chi connectivity index (χ4n) is 2.11. The molecule has 1 aromatic heterocycles. The highest BCUT2D eigenvalue weighted by atomic mass is 35.5. The van der Waals surface area contributed by atoms with Crippen LogP contribution in [0.5, 0.6) is 5.75 Å². The summed E-state index contributed by atoms with van der Waals surface area (Å²) in [6.07, 6.45) is 0.302. The van der Waals surface area contributed by atoms with Crippen LogP contribution in [0.3, 0.4) is 0 Å². The van der Waals surface area contributed by atoms with Gasteiger partial charge < -0.3 is 14.8 Å². The Bertz CT molecular complexity index is 827. The lowest BCUT2D eigenvalue weighted by Crippen LogP contribution is -2.32. The average Bonchev–Trinajstić information content (AvgIpc) is 2.56. The molecule has 0 bridgehead atoms. The standard InChI is InChI=1S/C18H18Cl2N2O4/c1-10-4-5-15(11(2)6-10)25-9-16(23)26-12(3)18(24)22-17-14(20)7-13(19)8-21-17/h4-8,12H,9H2,1-3H3,(H,21,22,24)/t12-/m1/s1. The smallest absolute Gasteiger partial charge is 0.344 e. The predicted octanol–water partition coefficient (Wildman–Crippen LogP) is 3.95. The molecule has 1 atom stereocenters. The molecule has 2 aromatic rings. The molecule has 0 saturated carbocycles. The summed E-state index contributed by atoms with van der Waals surface area (Å²) in [7, 11) is 0. The molecule has 0 aliphatic heterocycles. The van der Waals surface area contributed by atoms with Crippen molar-refractivity contribution >= 4 is 40.9 Å². The van der Waals surface area contributed by atoms with E-state index >= 15 is 0 Å². The van der Waals surface area contributed by atoms with Crippen LogP contribution < -0.4 is 10.1 Å². The summed E-state index contributed by atoms with van der Waals surface area (Å²) >= 11 is 11.7. The number of anilines is 1. The van der Waals surface area contributed by atoms with Crippen molar-refractivity contribution in [3.63, 3.8) is 0 Å². The SMILES string of the molecule is Cc1ccc(OCC(=O)O[C@H](C)C(=O)Nc2ncc(Cl)cc2Cl)c(C)c1. The zero-order valence-electron chi connectivity index (χ0n) is 14.5. The lowest BCUT2D eigenvalue weighted by Gasteiger charge is -2.14. The Kier molecular flexibility index (Phi) is 6.83. The minimum Gasteiger partial charge on any atom is -0.482 e. The molecule has 138 valence electrons. The number of halogens is 2. The number of amides is 1. The number of rotatable bonds is 6. The molecule has 0 unspecified atom stereocenters. The molecule has 1 N–H and O–H groups in total. The van der Waals surface area contributed by atoms with E-state index in [1.165, 1.54) is 19.2 Å². The normalized spacial score (nSPS) is 11.6. The highest BCUT2D eigenvalue weighted by Gasteiger charge is 2.20. The summed E-state index contributed by atoms with van der Waals surface area (Å²) in [6, 6.07) is 7.05. The van der Waals surface area contributed by atoms with Crippen molar-refractivity contribution in [2.45, 2.75) is 26.9 Å². The zero-order valence-corrected chi connectivity index (χ0v) is 16.0. The number of nitrogens with zero attached hydrogens (tertiary/aromatic N) is 1. The molecule has 0 spiro atoms. The number of carbonyl (C=O) groups is 2. The molecular formula is C18H18Cl2N2O4. The van der Waals surface area contributed by atoms with Crippen molar-refractivity contribution in [3.05, 3.63) is 51.6 Å². The monoisotopic (exact) mass is 396 g/mol. The molecule has 0 radical (unpaired) electrons. The van der Waals surface area contributed by atoms with Crippen LogP contribution in [-0.4, -0.2) is 29.6 Å². The number of hydrogen-bond acceptors (Lipinski definition) is 5. The maximum absolute atomic E-state index is 12.1. The van der Waals surface area contributed by atoms with Crippen molar-refractivity contribution in [3.8, 4) is 5.75 Å². The molecule has 8 heteroatoms. The number of ether oxygens (including phenoxy) is 2. The first kappa shape index (κ1) is 20.0. The Morgan fingerprint density at radius 3 is 2.62 bits per heavy atom. The molecule has 26 heavy (non-hydrogen) atoms. The summed E-state index contributed by atoms with van der Waals surface area (Å²) in [4.78, 5) is 27.9. The van der Waals surface area contributed by atoms with Crippen LogP contribution >= 0.6 is 23.2 Å². The van der Waals surface area contributed by atoms with E-state index in [4.69, 9.17) is 32.7 Å². The molecule has 0 aliphatic rings. The molecule has 6 nitrogen and oxygen atoms in total. The Balaban J connectivity index is 1.86. The van der Waals surface area contributed by atoms with Crippen LogP contribution in [0.15, 0.2) is 30.5 Å². The number of aromatic nitrogens is 1. The second-order valence-corrected chi connectivity index (χ2v) is 6.51. The van der Waals surface area contributed by atoms with Gasteiger partial charge >= 0.3 is 5.97 Å². The van der Waals surface area contributed by atoms with Crippen molar-refractivity contribution in [2.24, 2.45) is 0 Å². The van der Waals surface area contributed by atoms with E-state index < -0.39 is 18.0 Å². The van der Waals surface area contributed by atoms with E-state index in [9.17, 15) is 9.59 Å². The molecule has 1 heterocycles. The van der Waals surface area contributed by atoms with Crippen molar-refractivity contribution in [2.75, 3.05) is 11.9 Å². The number of aryl methyl sites for hydroxylation is 2. The average molecular weight is 397 g/mol. The molecule has 0 aliphatic carbocycles. The van der Waals surface area contributed by atoms with Crippen LogP contribution in [-0.2, 0) is 14.3 Å². The lowest BCUT2D eigenvalue weighted by molar-refractivity contribution is -0.155. The molecule has 0 saturated heterocycles. The van der Waals surface area contributed by atoms with E-state index in [-0.39, 0.29) is 17.4 Å². The second-order valence-electron chi connectivity index (χ2n) is 5.66. The van der Waals surface area contributed by atoms with Gasteiger partial charge in [-0.1, -0.05) is 40.9 Å². The Labute approximate surface area is 161 Å². The summed E-state index contributed by atoms with van der Waals surface area (Å²) in [5, 5.41) is 3.00. The van der Waals surface area contributed by atoms with E-state index in [0.717, 1.165) is 11.1 Å². The minimum atomic E-state index is -1.04. The predicted molar refractivity (Wildman–Crippen MR) is 99.9 cm³/mol. The number of benzene rings is 1. The van der Waals surface area contributed by atoms with E-state index in [2.05, 4.69) is 10.3 Å². The first-order valence-corrected chi connectivity index (χ1v) is 8.53. The van der Waals surface area contributed by atoms with Crippen molar-refractivity contribution in [1.82, 2.24) is 4.98 Å². The molecule has 1 amide bonds. The van der Waals surface area contributed by atoms with Crippen LogP contribution in [0.25, 0.3) is 0 Å². The van der Waals surface area contributed by atoms with Gasteiger partial charge in [-0.3, -0.25) is 4.79 Å². The maximum Gasteiger partial charge on any atom is 0.344 e. The summed E-state index contributed by atoms with van der Waals surface area (Å²) in [6.45, 7) is 4.98. The molecule has 2 rings (SSSR count). The highest BCUT2D eigenvalue weighted by molar-refractivity contribution is 6.36. The quantitative estimate of drug-likeness (QED) is 0.747. The fourth-order valence-corrected chi connectivity index (χ4v) is 2.53. The third kappa shape index (κ3) is 5.61. The molecule has 1 aromatic carbocycles. The number of esters is 1. The van der Waals surface area contributed by atoms with Gasteiger partial charge in [0, 0.05) is 6.20 Å². The van der Waals surface area contributed by atoms with Gasteiger partial charge in [-0.15, -0.1) is 0 Å². The molecule has 0 fully saturated rings. The first-order valence-electron chi connectivity index (χ1n) is 7.77. The summed E-state index contributed by atoms with van der Waals surface area (Å²) in [5.41, 5.74) is 2.00. The van der Waals surface area contributed by atoms with Crippen LogP contribution in [0.2, 0.25) is 10.0 Å². The van der Waals surface area contributed by atoms with Gasteiger partial charge in [0.05, 0.1) is 10.0 Å².